The van der Waals surface area contributed by atoms with E-state index in [2.05, 4.69) is 30.8 Å². The molecule has 0 fully saturated rings. The van der Waals surface area contributed by atoms with E-state index >= 15 is 0 Å². The third-order valence-electron chi connectivity index (χ3n) is 2.75. The molecule has 0 aliphatic rings. The van der Waals surface area contributed by atoms with Crippen LogP contribution in [0.2, 0.25) is 0 Å². The highest BCUT2D eigenvalue weighted by Crippen LogP contribution is 2.22. The van der Waals surface area contributed by atoms with Crippen molar-refractivity contribution in [2.75, 3.05) is 6.54 Å². The molecular weight excluding hydrogens is 198 g/mol. The van der Waals surface area contributed by atoms with Crippen LogP contribution in [0.25, 0.3) is 10.4 Å². The predicted molar refractivity (Wildman–Crippen MR) is 70.4 cm³/mol. The van der Waals surface area contributed by atoms with Gasteiger partial charge in [-0.3, -0.25) is 0 Å². The summed E-state index contributed by atoms with van der Waals surface area (Å²) in [7, 11) is 0. The van der Waals surface area contributed by atoms with Crippen LogP contribution in [0.15, 0.2) is 5.11 Å². The molecule has 0 aliphatic carbocycles. The van der Waals surface area contributed by atoms with Crippen LogP contribution in [0.1, 0.15) is 72.1 Å². The fourth-order valence-corrected chi connectivity index (χ4v) is 1.77. The fourth-order valence-electron chi connectivity index (χ4n) is 1.77. The lowest BCUT2D eigenvalue weighted by Crippen LogP contribution is -2.03. The van der Waals surface area contributed by atoms with Gasteiger partial charge in [0.15, 0.2) is 0 Å². The quantitative estimate of drug-likeness (QED) is 0.216. The Labute approximate surface area is 100 Å². The molecule has 94 valence electrons. The molecule has 0 aromatic rings. The Morgan fingerprint density at radius 2 is 1.38 bits per heavy atom. The first-order chi connectivity index (χ1) is 7.56. The zero-order valence-electron chi connectivity index (χ0n) is 11.2. The SMILES string of the molecule is CC(C)(C)CCCCCCCCCN=[N+]=[N-]. The van der Waals surface area contributed by atoms with Crippen LogP contribution in [-0.2, 0) is 0 Å². The summed E-state index contributed by atoms with van der Waals surface area (Å²) in [6, 6.07) is 0. The smallest absolute Gasteiger partial charge is 0.0257 e. The van der Waals surface area contributed by atoms with Gasteiger partial charge in [0.25, 0.3) is 0 Å². The van der Waals surface area contributed by atoms with Crippen molar-refractivity contribution in [3.63, 3.8) is 0 Å². The van der Waals surface area contributed by atoms with Crippen LogP contribution in [0.4, 0.5) is 0 Å². The summed E-state index contributed by atoms with van der Waals surface area (Å²) >= 11 is 0. The van der Waals surface area contributed by atoms with Crippen molar-refractivity contribution in [2.24, 2.45) is 10.5 Å². The molecule has 0 aromatic carbocycles. The molecule has 0 bridgehead atoms. The van der Waals surface area contributed by atoms with Crippen molar-refractivity contribution in [3.05, 3.63) is 10.4 Å². The highest BCUT2D eigenvalue weighted by molar-refractivity contribution is 4.61. The number of hydrogen-bond donors (Lipinski definition) is 0. The summed E-state index contributed by atoms with van der Waals surface area (Å²) in [6.45, 7) is 7.59. The molecule has 0 aromatic heterocycles. The molecule has 0 amide bonds. The van der Waals surface area contributed by atoms with Gasteiger partial charge in [0, 0.05) is 11.5 Å². The first kappa shape index (κ1) is 15.3. The van der Waals surface area contributed by atoms with E-state index in [-0.39, 0.29) is 0 Å². The normalized spacial score (nSPS) is 11.2. The van der Waals surface area contributed by atoms with E-state index < -0.39 is 0 Å². The van der Waals surface area contributed by atoms with Gasteiger partial charge in [0.2, 0.25) is 0 Å². The molecule has 0 radical (unpaired) electrons. The number of hydrogen-bond acceptors (Lipinski definition) is 1. The lowest BCUT2D eigenvalue weighted by atomic mass is 9.89. The fraction of sp³-hybridized carbons (Fsp3) is 1.00. The van der Waals surface area contributed by atoms with Crippen molar-refractivity contribution in [3.8, 4) is 0 Å². The molecular formula is C13H27N3. The Bertz CT molecular complexity index is 200. The molecule has 0 atom stereocenters. The van der Waals surface area contributed by atoms with Crippen LogP contribution in [0, 0.1) is 5.41 Å². The maximum atomic E-state index is 8.09. The summed E-state index contributed by atoms with van der Waals surface area (Å²) in [4.78, 5) is 2.74. The lowest BCUT2D eigenvalue weighted by molar-refractivity contribution is 0.356. The van der Waals surface area contributed by atoms with Gasteiger partial charge in [0.05, 0.1) is 0 Å². The van der Waals surface area contributed by atoms with Crippen LogP contribution in [0.5, 0.6) is 0 Å². The van der Waals surface area contributed by atoms with Crippen molar-refractivity contribution in [1.29, 1.82) is 0 Å². The molecule has 0 unspecified atom stereocenters. The van der Waals surface area contributed by atoms with E-state index in [0.717, 1.165) is 6.42 Å². The van der Waals surface area contributed by atoms with E-state index in [4.69, 9.17) is 5.53 Å². The van der Waals surface area contributed by atoms with Crippen LogP contribution in [-0.4, -0.2) is 6.54 Å². The standard InChI is InChI=1S/C13H27N3/c1-13(2,3)11-9-7-5-4-6-8-10-12-15-16-14/h4-12H2,1-3H3. The molecule has 16 heavy (non-hydrogen) atoms. The summed E-state index contributed by atoms with van der Waals surface area (Å²) < 4.78 is 0. The predicted octanol–water partition coefficient (Wildman–Crippen LogP) is 5.46. The molecule has 3 heteroatoms. The second-order valence-corrected chi connectivity index (χ2v) is 5.74. The number of rotatable bonds is 9. The van der Waals surface area contributed by atoms with Gasteiger partial charge in [-0.1, -0.05) is 64.4 Å². The number of azide groups is 1. The summed E-state index contributed by atoms with van der Waals surface area (Å²) in [5.41, 5.74) is 8.59. The van der Waals surface area contributed by atoms with Gasteiger partial charge in [-0.2, -0.15) is 0 Å². The summed E-state index contributed by atoms with van der Waals surface area (Å²) in [5.74, 6) is 0. The van der Waals surface area contributed by atoms with Gasteiger partial charge >= 0.3 is 0 Å². The van der Waals surface area contributed by atoms with Crippen molar-refractivity contribution in [2.45, 2.75) is 72.1 Å². The minimum atomic E-state index is 0.495. The first-order valence-corrected chi connectivity index (χ1v) is 6.57. The Hall–Kier alpha value is -0.690. The highest BCUT2D eigenvalue weighted by atomic mass is 15.1. The summed E-state index contributed by atoms with van der Waals surface area (Å²) in [5, 5.41) is 3.53. The topological polar surface area (TPSA) is 48.8 Å². The van der Waals surface area contributed by atoms with E-state index in [1.807, 2.05) is 0 Å². The Kier molecular flexibility index (Phi) is 9.12. The zero-order valence-corrected chi connectivity index (χ0v) is 11.2. The van der Waals surface area contributed by atoms with Gasteiger partial charge in [-0.25, -0.2) is 0 Å². The third-order valence-corrected chi connectivity index (χ3v) is 2.75. The van der Waals surface area contributed by atoms with Gasteiger partial charge in [0.1, 0.15) is 0 Å². The first-order valence-electron chi connectivity index (χ1n) is 6.57. The molecule has 0 heterocycles. The molecule has 0 saturated carbocycles. The summed E-state index contributed by atoms with van der Waals surface area (Å²) in [6.07, 6.45) is 10.3. The maximum Gasteiger partial charge on any atom is 0.0257 e. The Morgan fingerprint density at radius 3 is 1.88 bits per heavy atom. The van der Waals surface area contributed by atoms with Gasteiger partial charge in [-0.05, 0) is 23.8 Å². The van der Waals surface area contributed by atoms with Gasteiger partial charge in [-0.15, -0.1) is 0 Å². The van der Waals surface area contributed by atoms with Crippen LogP contribution < -0.4 is 0 Å². The highest BCUT2D eigenvalue weighted by Gasteiger charge is 2.08. The second kappa shape index (κ2) is 9.53. The van der Waals surface area contributed by atoms with E-state index in [9.17, 15) is 0 Å². The molecule has 3 nitrogen and oxygen atoms in total. The largest absolute Gasteiger partial charge is 0.0940 e. The van der Waals surface area contributed by atoms with Crippen LogP contribution >= 0.6 is 0 Å². The molecule has 0 rings (SSSR count). The molecule has 0 N–H and O–H groups in total. The zero-order chi connectivity index (χ0) is 12.3. The minimum absolute atomic E-state index is 0.495. The van der Waals surface area contributed by atoms with Crippen molar-refractivity contribution >= 4 is 0 Å². The Morgan fingerprint density at radius 1 is 0.875 bits per heavy atom. The monoisotopic (exact) mass is 225 g/mol. The molecule has 0 aliphatic heterocycles. The average Bonchev–Trinajstić information content (AvgIpc) is 2.19. The van der Waals surface area contributed by atoms with E-state index in [0.29, 0.717) is 12.0 Å². The van der Waals surface area contributed by atoms with Crippen molar-refractivity contribution < 1.29 is 0 Å². The average molecular weight is 225 g/mol. The third kappa shape index (κ3) is 13.3. The van der Waals surface area contributed by atoms with E-state index in [1.54, 1.807) is 0 Å². The Balaban J connectivity index is 3.07. The van der Waals surface area contributed by atoms with Crippen molar-refractivity contribution in [1.82, 2.24) is 0 Å². The second-order valence-electron chi connectivity index (χ2n) is 5.74. The number of unbranched alkanes of at least 4 members (excludes halogenated alkanes) is 6. The maximum absolute atomic E-state index is 8.09. The van der Waals surface area contributed by atoms with Gasteiger partial charge < -0.3 is 0 Å². The lowest BCUT2D eigenvalue weighted by Gasteiger charge is -2.17. The minimum Gasteiger partial charge on any atom is -0.0940 e. The molecule has 0 saturated heterocycles. The number of nitrogens with zero attached hydrogens (tertiary/aromatic N) is 3. The van der Waals surface area contributed by atoms with Crippen LogP contribution in [0.3, 0.4) is 0 Å². The van der Waals surface area contributed by atoms with E-state index in [1.165, 1.54) is 44.9 Å². The molecule has 0 spiro atoms.